The van der Waals surface area contributed by atoms with E-state index in [0.717, 1.165) is 6.42 Å². The SMILES string of the molecule is CCO[C@@H]1OC(C(=O)N(C)C)=C[C@H](C(C)C)[C@H]1CCCO. The first-order valence-corrected chi connectivity index (χ1v) is 7.74. The second-order valence-electron chi connectivity index (χ2n) is 6.02. The maximum atomic E-state index is 12.2. The molecule has 0 fully saturated rings. The molecule has 0 saturated heterocycles. The van der Waals surface area contributed by atoms with Crippen LogP contribution in [0.15, 0.2) is 11.8 Å². The zero-order valence-electron chi connectivity index (χ0n) is 13.8. The molecule has 0 unspecified atom stereocenters. The molecule has 1 aliphatic heterocycles. The summed E-state index contributed by atoms with van der Waals surface area (Å²) in [4.78, 5) is 13.7. The molecule has 1 N–H and O–H groups in total. The van der Waals surface area contributed by atoms with Gasteiger partial charge in [0.15, 0.2) is 5.76 Å². The van der Waals surface area contributed by atoms with Gasteiger partial charge >= 0.3 is 0 Å². The lowest BCUT2D eigenvalue weighted by atomic mass is 9.78. The van der Waals surface area contributed by atoms with E-state index >= 15 is 0 Å². The Labute approximate surface area is 127 Å². The van der Waals surface area contributed by atoms with Crippen molar-refractivity contribution in [3.63, 3.8) is 0 Å². The van der Waals surface area contributed by atoms with Gasteiger partial charge in [-0.05, 0) is 37.7 Å². The Morgan fingerprint density at radius 2 is 2.14 bits per heavy atom. The van der Waals surface area contributed by atoms with Crippen molar-refractivity contribution in [1.29, 1.82) is 0 Å². The molecule has 1 amide bonds. The third kappa shape index (κ3) is 4.71. The lowest BCUT2D eigenvalue weighted by molar-refractivity contribution is -0.177. The Hall–Kier alpha value is -1.07. The number of allylic oxidation sites excluding steroid dienone is 1. The third-order valence-corrected chi connectivity index (χ3v) is 3.84. The standard InChI is InChI=1S/C16H29NO4/c1-6-20-16-12(8-7-9-18)13(11(2)3)10-14(21-16)15(19)17(4)5/h10-13,16,18H,6-9H2,1-5H3/t12-,13-,16-/m1/s1. The highest BCUT2D eigenvalue weighted by Gasteiger charge is 2.38. The molecule has 3 atom stereocenters. The molecule has 122 valence electrons. The van der Waals surface area contributed by atoms with Crippen molar-refractivity contribution in [2.45, 2.75) is 39.9 Å². The molecular weight excluding hydrogens is 270 g/mol. The van der Waals surface area contributed by atoms with Crippen LogP contribution >= 0.6 is 0 Å². The minimum atomic E-state index is -0.419. The quantitative estimate of drug-likeness (QED) is 0.781. The van der Waals surface area contributed by atoms with Crippen molar-refractivity contribution in [2.75, 3.05) is 27.3 Å². The summed E-state index contributed by atoms with van der Waals surface area (Å²) < 4.78 is 11.5. The van der Waals surface area contributed by atoms with Crippen LogP contribution in [0.2, 0.25) is 0 Å². The van der Waals surface area contributed by atoms with Crippen LogP contribution in [0.3, 0.4) is 0 Å². The van der Waals surface area contributed by atoms with Crippen molar-refractivity contribution < 1.29 is 19.4 Å². The number of aliphatic hydroxyl groups is 1. The molecule has 5 nitrogen and oxygen atoms in total. The van der Waals surface area contributed by atoms with E-state index in [1.165, 1.54) is 4.90 Å². The fourth-order valence-electron chi connectivity index (χ4n) is 2.74. The van der Waals surface area contributed by atoms with Crippen molar-refractivity contribution in [1.82, 2.24) is 4.90 Å². The lowest BCUT2D eigenvalue weighted by Gasteiger charge is -2.38. The zero-order valence-corrected chi connectivity index (χ0v) is 13.8. The van der Waals surface area contributed by atoms with Crippen LogP contribution in [-0.2, 0) is 14.3 Å². The first-order valence-electron chi connectivity index (χ1n) is 7.74. The summed E-state index contributed by atoms with van der Waals surface area (Å²) in [6.07, 6.45) is 3.05. The summed E-state index contributed by atoms with van der Waals surface area (Å²) in [5, 5.41) is 9.09. The third-order valence-electron chi connectivity index (χ3n) is 3.84. The molecular formula is C16H29NO4. The van der Waals surface area contributed by atoms with Gasteiger partial charge in [-0.25, -0.2) is 0 Å². The molecule has 0 aromatic heterocycles. The smallest absolute Gasteiger partial charge is 0.288 e. The van der Waals surface area contributed by atoms with Crippen LogP contribution < -0.4 is 0 Å². The molecule has 0 saturated carbocycles. The number of aliphatic hydroxyl groups excluding tert-OH is 1. The predicted molar refractivity (Wildman–Crippen MR) is 81.4 cm³/mol. The Bertz CT molecular complexity index is 365. The minimum Gasteiger partial charge on any atom is -0.459 e. The summed E-state index contributed by atoms with van der Waals surface area (Å²) >= 11 is 0. The van der Waals surface area contributed by atoms with E-state index in [1.54, 1.807) is 14.1 Å². The van der Waals surface area contributed by atoms with E-state index in [-0.39, 0.29) is 24.3 Å². The van der Waals surface area contributed by atoms with Gasteiger partial charge in [0.1, 0.15) is 0 Å². The van der Waals surface area contributed by atoms with Crippen LogP contribution in [-0.4, -0.2) is 49.5 Å². The van der Waals surface area contributed by atoms with Gasteiger partial charge in [-0.2, -0.15) is 0 Å². The van der Waals surface area contributed by atoms with Crippen LogP contribution in [0.1, 0.15) is 33.6 Å². The molecule has 1 aliphatic rings. The molecule has 0 spiro atoms. The maximum Gasteiger partial charge on any atom is 0.288 e. The molecule has 0 aromatic rings. The summed E-state index contributed by atoms with van der Waals surface area (Å²) in [6, 6.07) is 0. The number of nitrogens with zero attached hydrogens (tertiary/aromatic N) is 1. The highest BCUT2D eigenvalue weighted by Crippen LogP contribution is 2.37. The van der Waals surface area contributed by atoms with E-state index in [1.807, 2.05) is 13.0 Å². The van der Waals surface area contributed by atoms with E-state index < -0.39 is 6.29 Å². The molecule has 0 aliphatic carbocycles. The highest BCUT2D eigenvalue weighted by molar-refractivity contribution is 5.91. The van der Waals surface area contributed by atoms with Gasteiger partial charge in [0.25, 0.3) is 5.91 Å². The maximum absolute atomic E-state index is 12.2. The minimum absolute atomic E-state index is 0.133. The van der Waals surface area contributed by atoms with E-state index in [4.69, 9.17) is 14.6 Å². The fourth-order valence-corrected chi connectivity index (χ4v) is 2.74. The van der Waals surface area contributed by atoms with Crippen LogP contribution in [0, 0.1) is 17.8 Å². The Balaban J connectivity index is 3.03. The monoisotopic (exact) mass is 299 g/mol. The summed E-state index contributed by atoms with van der Waals surface area (Å²) in [5.74, 6) is 0.991. The molecule has 0 aromatic carbocycles. The first-order chi connectivity index (χ1) is 9.92. The first kappa shape index (κ1) is 18.0. The van der Waals surface area contributed by atoms with Gasteiger partial charge in [0.05, 0.1) is 0 Å². The average Bonchev–Trinajstić information content (AvgIpc) is 2.44. The zero-order chi connectivity index (χ0) is 16.0. The Kier molecular flexibility index (Phi) is 7.18. The molecule has 21 heavy (non-hydrogen) atoms. The predicted octanol–water partition coefficient (Wildman–Crippen LogP) is 2.01. The second-order valence-corrected chi connectivity index (χ2v) is 6.02. The van der Waals surface area contributed by atoms with E-state index in [0.29, 0.717) is 24.7 Å². The van der Waals surface area contributed by atoms with E-state index in [9.17, 15) is 4.79 Å². The molecule has 0 radical (unpaired) electrons. The fraction of sp³-hybridized carbons (Fsp3) is 0.812. The number of hydrogen-bond acceptors (Lipinski definition) is 4. The Morgan fingerprint density at radius 3 is 2.62 bits per heavy atom. The van der Waals surface area contributed by atoms with Crippen LogP contribution in [0.25, 0.3) is 0 Å². The number of likely N-dealkylation sites (N-methyl/N-ethyl adjacent to an activating group) is 1. The average molecular weight is 299 g/mol. The van der Waals surface area contributed by atoms with Gasteiger partial charge in [-0.15, -0.1) is 0 Å². The van der Waals surface area contributed by atoms with Crippen LogP contribution in [0.5, 0.6) is 0 Å². The number of amides is 1. The van der Waals surface area contributed by atoms with Crippen LogP contribution in [0.4, 0.5) is 0 Å². The lowest BCUT2D eigenvalue weighted by Crippen LogP contribution is -2.41. The van der Waals surface area contributed by atoms with Crippen molar-refractivity contribution >= 4 is 5.91 Å². The van der Waals surface area contributed by atoms with E-state index in [2.05, 4.69) is 13.8 Å². The number of ether oxygens (including phenoxy) is 2. The van der Waals surface area contributed by atoms with Crippen molar-refractivity contribution in [3.05, 3.63) is 11.8 Å². The number of rotatable bonds is 7. The molecule has 0 bridgehead atoms. The molecule has 1 rings (SSSR count). The van der Waals surface area contributed by atoms with Crippen molar-refractivity contribution in [3.8, 4) is 0 Å². The summed E-state index contributed by atoms with van der Waals surface area (Å²) in [7, 11) is 3.43. The normalized spacial score (nSPS) is 25.5. The summed E-state index contributed by atoms with van der Waals surface area (Å²) in [6.45, 7) is 6.89. The molecule has 1 heterocycles. The topological polar surface area (TPSA) is 59.0 Å². The largest absolute Gasteiger partial charge is 0.459 e. The van der Waals surface area contributed by atoms with Gasteiger partial charge < -0.3 is 19.5 Å². The number of carbonyl (C=O) groups is 1. The second kappa shape index (κ2) is 8.39. The number of hydrogen-bond donors (Lipinski definition) is 1. The van der Waals surface area contributed by atoms with Gasteiger partial charge in [-0.3, -0.25) is 4.79 Å². The van der Waals surface area contributed by atoms with Gasteiger partial charge in [0.2, 0.25) is 6.29 Å². The highest BCUT2D eigenvalue weighted by atomic mass is 16.7. The van der Waals surface area contributed by atoms with Crippen molar-refractivity contribution in [2.24, 2.45) is 17.8 Å². The summed E-state index contributed by atoms with van der Waals surface area (Å²) in [5.41, 5.74) is 0. The Morgan fingerprint density at radius 1 is 1.48 bits per heavy atom. The molecule has 5 heteroatoms. The number of carbonyl (C=O) groups excluding carboxylic acids is 1. The van der Waals surface area contributed by atoms with Gasteiger partial charge in [-0.1, -0.05) is 13.8 Å². The van der Waals surface area contributed by atoms with Gasteiger partial charge in [0, 0.05) is 33.2 Å².